The van der Waals surface area contributed by atoms with Gasteiger partial charge in [0.1, 0.15) is 12.4 Å². The maximum absolute atomic E-state index is 12.6. The molecule has 132 valence electrons. The van der Waals surface area contributed by atoms with Crippen LogP contribution in [0.3, 0.4) is 0 Å². The Bertz CT molecular complexity index is 682. The van der Waals surface area contributed by atoms with Crippen molar-refractivity contribution in [2.24, 2.45) is 0 Å². The minimum absolute atomic E-state index is 0.0662. The van der Waals surface area contributed by atoms with Crippen LogP contribution < -0.4 is 4.74 Å². The van der Waals surface area contributed by atoms with E-state index in [1.807, 2.05) is 54.3 Å². The Kier molecular flexibility index (Phi) is 6.01. The van der Waals surface area contributed by atoms with Crippen molar-refractivity contribution in [3.8, 4) is 5.75 Å². The molecule has 0 spiro atoms. The fourth-order valence-corrected chi connectivity index (χ4v) is 3.00. The van der Waals surface area contributed by atoms with E-state index in [4.69, 9.17) is 9.47 Å². The molecule has 0 atom stereocenters. The van der Waals surface area contributed by atoms with Crippen LogP contribution in [0.1, 0.15) is 28.9 Å². The molecule has 0 radical (unpaired) electrons. The lowest BCUT2D eigenvalue weighted by atomic mass is 10.1. The Hall–Kier alpha value is -2.40. The molecular formula is C20H24N2O3. The van der Waals surface area contributed by atoms with Crippen molar-refractivity contribution in [2.45, 2.75) is 25.9 Å². The fourth-order valence-electron chi connectivity index (χ4n) is 3.00. The summed E-state index contributed by atoms with van der Waals surface area (Å²) >= 11 is 0. The van der Waals surface area contributed by atoms with Crippen LogP contribution in [0.15, 0.2) is 48.7 Å². The van der Waals surface area contributed by atoms with Crippen LogP contribution in [0.4, 0.5) is 0 Å². The van der Waals surface area contributed by atoms with Crippen molar-refractivity contribution < 1.29 is 14.3 Å². The lowest BCUT2D eigenvalue weighted by Gasteiger charge is -2.32. The van der Waals surface area contributed by atoms with E-state index in [1.165, 1.54) is 0 Å². The number of amides is 1. The van der Waals surface area contributed by atoms with Crippen LogP contribution in [0.25, 0.3) is 0 Å². The standard InChI is InChI=1S/C20H24N2O3/c1-16-19(8-5-11-21-16)20(23)22-12-9-18(10-13-22)25-15-14-24-17-6-3-2-4-7-17/h2-8,11,18H,9-10,12-15H2,1H3. The molecule has 1 aromatic heterocycles. The van der Waals surface area contributed by atoms with Gasteiger partial charge in [0.15, 0.2) is 0 Å². The number of piperidine rings is 1. The van der Waals surface area contributed by atoms with Gasteiger partial charge in [-0.25, -0.2) is 0 Å². The zero-order chi connectivity index (χ0) is 17.5. The van der Waals surface area contributed by atoms with Gasteiger partial charge in [0.2, 0.25) is 0 Å². The van der Waals surface area contributed by atoms with Crippen molar-refractivity contribution in [1.29, 1.82) is 0 Å². The SMILES string of the molecule is Cc1ncccc1C(=O)N1CCC(OCCOc2ccccc2)CC1. The zero-order valence-corrected chi connectivity index (χ0v) is 14.6. The smallest absolute Gasteiger partial charge is 0.255 e. The van der Waals surface area contributed by atoms with Crippen molar-refractivity contribution in [1.82, 2.24) is 9.88 Å². The van der Waals surface area contributed by atoms with Gasteiger partial charge < -0.3 is 14.4 Å². The first-order valence-electron chi connectivity index (χ1n) is 8.74. The summed E-state index contributed by atoms with van der Waals surface area (Å²) in [5.41, 5.74) is 1.47. The highest BCUT2D eigenvalue weighted by Gasteiger charge is 2.24. The van der Waals surface area contributed by atoms with Gasteiger partial charge in [-0.05, 0) is 44.0 Å². The highest BCUT2D eigenvalue weighted by atomic mass is 16.5. The predicted octanol–water partition coefficient (Wildman–Crippen LogP) is 3.09. The molecule has 5 nitrogen and oxygen atoms in total. The lowest BCUT2D eigenvalue weighted by molar-refractivity contribution is -0.00240. The third kappa shape index (κ3) is 4.79. The van der Waals surface area contributed by atoms with Gasteiger partial charge in [-0.3, -0.25) is 9.78 Å². The van der Waals surface area contributed by atoms with Crippen molar-refractivity contribution in [2.75, 3.05) is 26.3 Å². The molecule has 5 heteroatoms. The maximum Gasteiger partial charge on any atom is 0.255 e. The molecule has 1 amide bonds. The molecule has 0 aliphatic carbocycles. The predicted molar refractivity (Wildman–Crippen MR) is 95.8 cm³/mol. The van der Waals surface area contributed by atoms with Crippen LogP contribution in [-0.4, -0.2) is 48.2 Å². The Morgan fingerprint density at radius 1 is 1.12 bits per heavy atom. The van der Waals surface area contributed by atoms with E-state index in [9.17, 15) is 4.79 Å². The van der Waals surface area contributed by atoms with Gasteiger partial charge in [-0.1, -0.05) is 18.2 Å². The number of nitrogens with zero attached hydrogens (tertiary/aromatic N) is 2. The first-order valence-corrected chi connectivity index (χ1v) is 8.74. The molecule has 3 rings (SSSR count). The summed E-state index contributed by atoms with van der Waals surface area (Å²) in [5, 5.41) is 0. The molecule has 2 heterocycles. The number of aryl methyl sites for hydroxylation is 1. The number of para-hydroxylation sites is 1. The van der Waals surface area contributed by atoms with Gasteiger partial charge >= 0.3 is 0 Å². The number of benzene rings is 1. The third-order valence-electron chi connectivity index (χ3n) is 4.42. The van der Waals surface area contributed by atoms with Crippen LogP contribution >= 0.6 is 0 Å². The van der Waals surface area contributed by atoms with Crippen LogP contribution in [-0.2, 0) is 4.74 Å². The first-order chi connectivity index (χ1) is 12.2. The van der Waals surface area contributed by atoms with Crippen LogP contribution in [0.2, 0.25) is 0 Å². The molecule has 1 aromatic carbocycles. The van der Waals surface area contributed by atoms with E-state index in [0.29, 0.717) is 18.8 Å². The second kappa shape index (κ2) is 8.62. The summed E-state index contributed by atoms with van der Waals surface area (Å²) in [7, 11) is 0. The zero-order valence-electron chi connectivity index (χ0n) is 14.6. The first kappa shape index (κ1) is 17.4. The number of hydrogen-bond donors (Lipinski definition) is 0. The third-order valence-corrected chi connectivity index (χ3v) is 4.42. The Balaban J connectivity index is 1.38. The molecule has 0 bridgehead atoms. The summed E-state index contributed by atoms with van der Waals surface area (Å²) in [5.74, 6) is 0.926. The van der Waals surface area contributed by atoms with E-state index in [2.05, 4.69) is 4.98 Å². The fraction of sp³-hybridized carbons (Fsp3) is 0.400. The van der Waals surface area contributed by atoms with Crippen LogP contribution in [0, 0.1) is 6.92 Å². The molecule has 1 fully saturated rings. The number of rotatable bonds is 6. The van der Waals surface area contributed by atoms with E-state index >= 15 is 0 Å². The molecule has 1 saturated heterocycles. The maximum atomic E-state index is 12.6. The van der Waals surface area contributed by atoms with E-state index in [0.717, 1.165) is 37.4 Å². The van der Waals surface area contributed by atoms with E-state index in [1.54, 1.807) is 6.20 Å². The summed E-state index contributed by atoms with van der Waals surface area (Å²) in [6, 6.07) is 13.4. The average Bonchev–Trinajstić information content (AvgIpc) is 2.66. The minimum atomic E-state index is 0.0662. The Morgan fingerprint density at radius 3 is 2.60 bits per heavy atom. The van der Waals surface area contributed by atoms with Gasteiger partial charge in [-0.2, -0.15) is 0 Å². The quantitative estimate of drug-likeness (QED) is 0.758. The summed E-state index contributed by atoms with van der Waals surface area (Å²) in [6.45, 7) is 4.41. The van der Waals surface area contributed by atoms with Gasteiger partial charge in [0.25, 0.3) is 5.91 Å². The number of hydrogen-bond acceptors (Lipinski definition) is 4. The number of aromatic nitrogens is 1. The second-order valence-corrected chi connectivity index (χ2v) is 6.16. The van der Waals surface area contributed by atoms with Gasteiger partial charge in [0, 0.05) is 25.0 Å². The Labute approximate surface area is 148 Å². The summed E-state index contributed by atoms with van der Waals surface area (Å²) in [4.78, 5) is 18.7. The topological polar surface area (TPSA) is 51.7 Å². The number of likely N-dealkylation sites (tertiary alicyclic amines) is 1. The van der Waals surface area contributed by atoms with Gasteiger partial charge in [-0.15, -0.1) is 0 Å². The highest BCUT2D eigenvalue weighted by molar-refractivity contribution is 5.95. The average molecular weight is 340 g/mol. The second-order valence-electron chi connectivity index (χ2n) is 6.16. The number of carbonyl (C=O) groups excluding carboxylic acids is 1. The van der Waals surface area contributed by atoms with E-state index < -0.39 is 0 Å². The number of carbonyl (C=O) groups is 1. The Morgan fingerprint density at radius 2 is 1.88 bits per heavy atom. The summed E-state index contributed by atoms with van der Waals surface area (Å²) < 4.78 is 11.5. The minimum Gasteiger partial charge on any atom is -0.491 e. The molecular weight excluding hydrogens is 316 g/mol. The largest absolute Gasteiger partial charge is 0.491 e. The molecule has 25 heavy (non-hydrogen) atoms. The molecule has 0 unspecified atom stereocenters. The van der Waals surface area contributed by atoms with Crippen molar-refractivity contribution in [3.63, 3.8) is 0 Å². The van der Waals surface area contributed by atoms with Gasteiger partial charge in [0.05, 0.1) is 18.3 Å². The normalized spacial score (nSPS) is 15.2. The van der Waals surface area contributed by atoms with E-state index in [-0.39, 0.29) is 12.0 Å². The lowest BCUT2D eigenvalue weighted by Crippen LogP contribution is -2.41. The molecule has 1 aliphatic rings. The molecule has 2 aromatic rings. The molecule has 0 saturated carbocycles. The monoisotopic (exact) mass is 340 g/mol. The molecule has 0 N–H and O–H groups in total. The highest BCUT2D eigenvalue weighted by Crippen LogP contribution is 2.17. The molecule has 1 aliphatic heterocycles. The van der Waals surface area contributed by atoms with Crippen LogP contribution in [0.5, 0.6) is 5.75 Å². The number of ether oxygens (including phenoxy) is 2. The number of pyridine rings is 1. The van der Waals surface area contributed by atoms with Crippen molar-refractivity contribution in [3.05, 3.63) is 59.9 Å². The summed E-state index contributed by atoms with van der Waals surface area (Å²) in [6.07, 6.45) is 3.62. The van der Waals surface area contributed by atoms with Crippen molar-refractivity contribution >= 4 is 5.91 Å².